The Hall–Kier alpha value is -4.14. The Kier molecular flexibility index (Phi) is 6.39. The first-order valence-electron chi connectivity index (χ1n) is 10.4. The first kappa shape index (κ1) is 22.1. The monoisotopic (exact) mass is 447 g/mol. The van der Waals surface area contributed by atoms with E-state index >= 15 is 0 Å². The highest BCUT2D eigenvalue weighted by Crippen LogP contribution is 2.27. The van der Waals surface area contributed by atoms with Crippen molar-refractivity contribution in [1.82, 2.24) is 24.9 Å². The molecule has 0 saturated heterocycles. The number of hydrogen-bond donors (Lipinski definition) is 1. The molecule has 4 aromatic rings. The molecule has 1 amide bonds. The van der Waals surface area contributed by atoms with Crippen molar-refractivity contribution >= 4 is 11.6 Å². The fourth-order valence-corrected chi connectivity index (χ4v) is 3.27. The van der Waals surface area contributed by atoms with Crippen molar-refractivity contribution in [2.75, 3.05) is 14.2 Å². The maximum Gasteiger partial charge on any atom is 0.261 e. The Bertz CT molecular complexity index is 1260. The molecule has 0 bridgehead atoms. The van der Waals surface area contributed by atoms with Gasteiger partial charge in [0.15, 0.2) is 29.1 Å². The molecule has 0 unspecified atom stereocenters. The fourth-order valence-electron chi connectivity index (χ4n) is 3.27. The number of carbonyl (C=O) groups excluding carboxylic acids is 1. The number of benzene rings is 2. The zero-order valence-corrected chi connectivity index (χ0v) is 18.9. The van der Waals surface area contributed by atoms with Crippen molar-refractivity contribution in [1.29, 1.82) is 0 Å². The van der Waals surface area contributed by atoms with E-state index in [0.717, 1.165) is 17.0 Å². The number of amides is 1. The molecule has 0 spiro atoms. The van der Waals surface area contributed by atoms with Gasteiger partial charge in [0.1, 0.15) is 12.1 Å². The third-order valence-electron chi connectivity index (χ3n) is 5.12. The average molecular weight is 447 g/mol. The molecule has 170 valence electrons. The van der Waals surface area contributed by atoms with Crippen LogP contribution >= 0.6 is 0 Å². The fraction of sp³-hybridized carbons (Fsp3) is 0.250. The Morgan fingerprint density at radius 3 is 2.42 bits per heavy atom. The minimum Gasteiger partial charge on any atom is -0.497 e. The van der Waals surface area contributed by atoms with Crippen molar-refractivity contribution in [3.63, 3.8) is 0 Å². The molecule has 9 nitrogen and oxygen atoms in total. The number of para-hydroxylation sites is 2. The zero-order valence-electron chi connectivity index (χ0n) is 18.9. The highest BCUT2D eigenvalue weighted by molar-refractivity contribution is 5.81. The standard InChI is InChI=1S/C24H25N5O4/c1-15(26-24(30)16(2)33-21-8-6-5-7-20(21)32-4)23-27-22-13-19(25-14-29(22)28-23)17-9-11-18(31-3)12-10-17/h5-16H,1-4H3,(H,26,30)/t15-,16-/m0/s1. The number of nitrogens with one attached hydrogen (secondary N) is 1. The van der Waals surface area contributed by atoms with Crippen LogP contribution in [0.4, 0.5) is 0 Å². The Morgan fingerprint density at radius 1 is 1.00 bits per heavy atom. The van der Waals surface area contributed by atoms with Crippen LogP contribution in [-0.4, -0.2) is 45.8 Å². The summed E-state index contributed by atoms with van der Waals surface area (Å²) in [6.45, 7) is 3.50. The smallest absolute Gasteiger partial charge is 0.261 e. The molecular weight excluding hydrogens is 422 g/mol. The SMILES string of the molecule is COc1ccc(-c2cc3nc([C@H](C)NC(=O)[C@H](C)Oc4ccccc4OC)nn3cn2)cc1. The summed E-state index contributed by atoms with van der Waals surface area (Å²) in [4.78, 5) is 21.7. The van der Waals surface area contributed by atoms with E-state index in [1.54, 1.807) is 44.1 Å². The van der Waals surface area contributed by atoms with Crippen LogP contribution in [0, 0.1) is 0 Å². The maximum absolute atomic E-state index is 12.7. The van der Waals surface area contributed by atoms with Crippen LogP contribution in [0.25, 0.3) is 16.9 Å². The van der Waals surface area contributed by atoms with Crippen LogP contribution in [0.3, 0.4) is 0 Å². The van der Waals surface area contributed by atoms with Crippen LogP contribution in [0.5, 0.6) is 17.2 Å². The molecule has 0 aliphatic carbocycles. The molecule has 2 aromatic carbocycles. The summed E-state index contributed by atoms with van der Waals surface area (Å²) in [7, 11) is 3.18. The van der Waals surface area contributed by atoms with Gasteiger partial charge < -0.3 is 19.5 Å². The molecule has 0 radical (unpaired) electrons. The van der Waals surface area contributed by atoms with E-state index in [-0.39, 0.29) is 5.91 Å². The van der Waals surface area contributed by atoms with Gasteiger partial charge in [0.05, 0.1) is 26.0 Å². The zero-order chi connectivity index (χ0) is 23.4. The first-order chi connectivity index (χ1) is 16.0. The minimum atomic E-state index is -0.732. The third-order valence-corrected chi connectivity index (χ3v) is 5.12. The van der Waals surface area contributed by atoms with Gasteiger partial charge >= 0.3 is 0 Å². The summed E-state index contributed by atoms with van der Waals surface area (Å²) in [6.07, 6.45) is 0.872. The molecule has 4 rings (SSSR count). The Morgan fingerprint density at radius 2 is 1.73 bits per heavy atom. The number of aromatic nitrogens is 4. The normalized spacial score (nSPS) is 12.7. The number of hydrogen-bond acceptors (Lipinski definition) is 7. The lowest BCUT2D eigenvalue weighted by Crippen LogP contribution is -2.38. The van der Waals surface area contributed by atoms with E-state index in [2.05, 4.69) is 20.4 Å². The largest absolute Gasteiger partial charge is 0.497 e. The summed E-state index contributed by atoms with van der Waals surface area (Å²) in [6, 6.07) is 16.2. The number of rotatable bonds is 8. The molecule has 0 fully saturated rings. The molecule has 2 aromatic heterocycles. The van der Waals surface area contributed by atoms with Crippen molar-refractivity contribution < 1.29 is 19.0 Å². The van der Waals surface area contributed by atoms with Crippen LogP contribution in [0.2, 0.25) is 0 Å². The van der Waals surface area contributed by atoms with E-state index in [1.165, 1.54) is 0 Å². The van der Waals surface area contributed by atoms with Crippen LogP contribution in [0.15, 0.2) is 60.9 Å². The van der Waals surface area contributed by atoms with Crippen molar-refractivity contribution in [2.24, 2.45) is 0 Å². The Balaban J connectivity index is 1.46. The van der Waals surface area contributed by atoms with E-state index in [4.69, 9.17) is 14.2 Å². The van der Waals surface area contributed by atoms with Crippen LogP contribution < -0.4 is 19.5 Å². The molecule has 0 saturated carbocycles. The number of fused-ring (bicyclic) bond motifs is 1. The lowest BCUT2D eigenvalue weighted by molar-refractivity contribution is -0.128. The number of carbonyl (C=O) groups is 1. The molecule has 0 aliphatic rings. The molecule has 1 N–H and O–H groups in total. The lowest BCUT2D eigenvalue weighted by atomic mass is 10.1. The molecule has 0 aliphatic heterocycles. The molecular formula is C24H25N5O4. The lowest BCUT2D eigenvalue weighted by Gasteiger charge is -2.18. The van der Waals surface area contributed by atoms with Gasteiger partial charge in [-0.25, -0.2) is 14.5 Å². The molecule has 2 heterocycles. The summed E-state index contributed by atoms with van der Waals surface area (Å²) >= 11 is 0. The van der Waals surface area contributed by atoms with Gasteiger partial charge in [-0.05, 0) is 50.2 Å². The van der Waals surface area contributed by atoms with Crippen molar-refractivity contribution in [2.45, 2.75) is 26.0 Å². The van der Waals surface area contributed by atoms with Crippen LogP contribution in [-0.2, 0) is 4.79 Å². The summed E-state index contributed by atoms with van der Waals surface area (Å²) in [5, 5.41) is 7.34. The maximum atomic E-state index is 12.7. The van der Waals surface area contributed by atoms with Gasteiger partial charge in [0, 0.05) is 11.6 Å². The molecule has 33 heavy (non-hydrogen) atoms. The van der Waals surface area contributed by atoms with Gasteiger partial charge in [0.2, 0.25) is 0 Å². The van der Waals surface area contributed by atoms with Gasteiger partial charge in [-0.15, -0.1) is 5.10 Å². The number of methoxy groups -OCH3 is 2. The summed E-state index contributed by atoms with van der Waals surface area (Å²) in [5.74, 6) is 2.02. The predicted molar refractivity (Wildman–Crippen MR) is 122 cm³/mol. The second-order valence-electron chi connectivity index (χ2n) is 7.42. The van der Waals surface area contributed by atoms with Gasteiger partial charge in [-0.2, -0.15) is 0 Å². The first-order valence-corrected chi connectivity index (χ1v) is 10.4. The van der Waals surface area contributed by atoms with E-state index in [9.17, 15) is 4.79 Å². The van der Waals surface area contributed by atoms with Crippen LogP contribution in [0.1, 0.15) is 25.7 Å². The van der Waals surface area contributed by atoms with Gasteiger partial charge in [-0.1, -0.05) is 12.1 Å². The molecule has 2 atom stereocenters. The predicted octanol–water partition coefficient (Wildman–Crippen LogP) is 3.45. The topological polar surface area (TPSA) is 99.9 Å². The quantitative estimate of drug-likeness (QED) is 0.442. The van der Waals surface area contributed by atoms with Crippen molar-refractivity contribution in [3.8, 4) is 28.5 Å². The summed E-state index contributed by atoms with van der Waals surface area (Å²) < 4.78 is 17.8. The van der Waals surface area contributed by atoms with Gasteiger partial charge in [-0.3, -0.25) is 4.79 Å². The van der Waals surface area contributed by atoms with E-state index in [0.29, 0.717) is 23.0 Å². The Labute approximate surface area is 191 Å². The number of ether oxygens (including phenoxy) is 3. The molecule has 9 heteroatoms. The van der Waals surface area contributed by atoms with Gasteiger partial charge in [0.25, 0.3) is 5.91 Å². The average Bonchev–Trinajstić information content (AvgIpc) is 3.28. The van der Waals surface area contributed by atoms with E-state index in [1.807, 2.05) is 49.4 Å². The second-order valence-corrected chi connectivity index (χ2v) is 7.42. The number of nitrogens with zero attached hydrogens (tertiary/aromatic N) is 4. The minimum absolute atomic E-state index is 0.288. The highest BCUT2D eigenvalue weighted by Gasteiger charge is 2.21. The second kappa shape index (κ2) is 9.56. The van der Waals surface area contributed by atoms with E-state index < -0.39 is 12.1 Å². The third kappa shape index (κ3) is 4.87. The highest BCUT2D eigenvalue weighted by atomic mass is 16.5. The summed E-state index contributed by atoms with van der Waals surface area (Å²) in [5.41, 5.74) is 2.33. The van der Waals surface area contributed by atoms with Crippen molar-refractivity contribution in [3.05, 3.63) is 66.7 Å².